The first kappa shape index (κ1) is 23.9. The highest BCUT2D eigenvalue weighted by Crippen LogP contribution is 2.46. The Morgan fingerprint density at radius 2 is 1.30 bits per heavy atom. The number of nitrogens with zero attached hydrogens (tertiary/aromatic N) is 2. The maximum Gasteiger partial charge on any atom is 0.159 e. The minimum Gasteiger partial charge on any atom is -0.456 e. The topological polar surface area (TPSA) is 42.4 Å². The van der Waals surface area contributed by atoms with Gasteiger partial charge < -0.3 is 13.7 Å². The van der Waals surface area contributed by atoms with Crippen LogP contribution in [0.1, 0.15) is 0 Å². The molecule has 44 heavy (non-hydrogen) atoms. The predicted octanol–water partition coefficient (Wildman–Crippen LogP) is 11.9. The highest BCUT2D eigenvalue weighted by atomic mass is 32.1. The van der Waals surface area contributed by atoms with Crippen molar-refractivity contribution in [2.24, 2.45) is 0 Å². The normalized spacial score (nSPS) is 12.1. The Balaban J connectivity index is 1.28. The number of anilines is 3. The number of hydrogen-bond acceptors (Lipinski definition) is 5. The molecular weight excluding hydrogens is 561 g/mol. The lowest BCUT2D eigenvalue weighted by Gasteiger charge is -2.25. The van der Waals surface area contributed by atoms with E-state index in [9.17, 15) is 0 Å². The maximum atomic E-state index is 6.71. The number of thiophene rings is 1. The highest BCUT2D eigenvalue weighted by Gasteiger charge is 2.22. The van der Waals surface area contributed by atoms with E-state index in [4.69, 9.17) is 8.83 Å². The molecule has 0 aliphatic rings. The lowest BCUT2D eigenvalue weighted by atomic mass is 10.0. The van der Waals surface area contributed by atoms with Gasteiger partial charge in [-0.2, -0.15) is 0 Å². The molecule has 0 saturated heterocycles. The van der Waals surface area contributed by atoms with Gasteiger partial charge in [-0.05, 0) is 66.0 Å². The first-order valence-corrected chi connectivity index (χ1v) is 15.4. The van der Waals surface area contributed by atoms with Crippen molar-refractivity contribution in [2.75, 3.05) is 4.90 Å². The van der Waals surface area contributed by atoms with Crippen LogP contribution < -0.4 is 4.90 Å². The van der Waals surface area contributed by atoms with Crippen LogP contribution in [0.25, 0.3) is 74.8 Å². The van der Waals surface area contributed by atoms with Crippen LogP contribution in [0, 0.1) is 0 Å². The first-order chi connectivity index (χ1) is 21.8. The molecule has 0 N–H and O–H groups in total. The molecule has 206 valence electrons. The van der Waals surface area contributed by atoms with E-state index >= 15 is 0 Å². The summed E-state index contributed by atoms with van der Waals surface area (Å²) in [6.07, 6.45) is 3.77. The molecule has 0 aliphatic carbocycles. The van der Waals surface area contributed by atoms with Crippen molar-refractivity contribution in [2.45, 2.75) is 0 Å². The number of pyridine rings is 1. The van der Waals surface area contributed by atoms with Crippen molar-refractivity contribution in [1.29, 1.82) is 0 Å². The van der Waals surface area contributed by atoms with Gasteiger partial charge in [-0.3, -0.25) is 4.98 Å². The molecule has 0 atom stereocenters. The molecule has 10 rings (SSSR count). The third-order valence-electron chi connectivity index (χ3n) is 8.74. The Kier molecular flexibility index (Phi) is 4.84. The van der Waals surface area contributed by atoms with Crippen LogP contribution >= 0.6 is 11.3 Å². The van der Waals surface area contributed by atoms with Gasteiger partial charge in [-0.15, -0.1) is 11.3 Å². The maximum absolute atomic E-state index is 6.71. The summed E-state index contributed by atoms with van der Waals surface area (Å²) >= 11 is 1.83. The lowest BCUT2D eigenvalue weighted by Crippen LogP contribution is -2.10. The minimum atomic E-state index is 0.840. The molecule has 0 saturated carbocycles. The molecule has 4 heterocycles. The number of hydrogen-bond donors (Lipinski definition) is 0. The van der Waals surface area contributed by atoms with Crippen LogP contribution in [0.5, 0.6) is 0 Å². The second kappa shape index (κ2) is 8.93. The average Bonchev–Trinajstić information content (AvgIpc) is 3.76. The molecule has 4 nitrogen and oxygen atoms in total. The smallest absolute Gasteiger partial charge is 0.159 e. The van der Waals surface area contributed by atoms with Crippen molar-refractivity contribution >= 4 is 103 Å². The summed E-state index contributed by atoms with van der Waals surface area (Å²) in [6.45, 7) is 0. The molecule has 0 aliphatic heterocycles. The van der Waals surface area contributed by atoms with Crippen LogP contribution in [0.15, 0.2) is 143 Å². The summed E-state index contributed by atoms with van der Waals surface area (Å²) in [7, 11) is 0. The van der Waals surface area contributed by atoms with Gasteiger partial charge in [0.2, 0.25) is 0 Å². The number of fused-ring (bicyclic) bond motifs is 11. The third kappa shape index (κ3) is 3.36. The second-order valence-corrected chi connectivity index (χ2v) is 12.3. The zero-order valence-corrected chi connectivity index (χ0v) is 24.1. The van der Waals surface area contributed by atoms with Crippen LogP contribution in [0.4, 0.5) is 17.1 Å². The van der Waals surface area contributed by atoms with Gasteiger partial charge in [0.1, 0.15) is 16.7 Å². The third-order valence-corrected chi connectivity index (χ3v) is 9.87. The number of rotatable bonds is 3. The van der Waals surface area contributed by atoms with Gasteiger partial charge in [0.05, 0.1) is 5.69 Å². The summed E-state index contributed by atoms with van der Waals surface area (Å²) in [5, 5.41) is 9.13. The predicted molar refractivity (Wildman–Crippen MR) is 184 cm³/mol. The lowest BCUT2D eigenvalue weighted by molar-refractivity contribution is 0.669. The number of para-hydroxylation sites is 2. The quantitative estimate of drug-likeness (QED) is 0.208. The van der Waals surface area contributed by atoms with E-state index in [0.29, 0.717) is 0 Å². The van der Waals surface area contributed by atoms with Gasteiger partial charge >= 0.3 is 0 Å². The van der Waals surface area contributed by atoms with Gasteiger partial charge in [0.25, 0.3) is 0 Å². The van der Waals surface area contributed by atoms with Crippen LogP contribution in [0.2, 0.25) is 0 Å². The first-order valence-electron chi connectivity index (χ1n) is 14.6. The van der Waals surface area contributed by atoms with Gasteiger partial charge in [0, 0.05) is 70.9 Å². The number of furan rings is 2. The fourth-order valence-corrected chi connectivity index (χ4v) is 7.89. The van der Waals surface area contributed by atoms with Gasteiger partial charge in [0.15, 0.2) is 5.58 Å². The highest BCUT2D eigenvalue weighted by molar-refractivity contribution is 7.25. The van der Waals surface area contributed by atoms with Crippen molar-refractivity contribution in [3.63, 3.8) is 0 Å². The van der Waals surface area contributed by atoms with Crippen molar-refractivity contribution in [1.82, 2.24) is 4.98 Å². The van der Waals surface area contributed by atoms with E-state index in [1.807, 2.05) is 35.9 Å². The number of benzene rings is 6. The summed E-state index contributed by atoms with van der Waals surface area (Å²) in [4.78, 5) is 6.75. The molecule has 0 bridgehead atoms. The molecule has 5 heteroatoms. The van der Waals surface area contributed by atoms with Gasteiger partial charge in [-0.1, -0.05) is 60.7 Å². The molecule has 0 unspecified atom stereocenters. The Morgan fingerprint density at radius 1 is 0.523 bits per heavy atom. The van der Waals surface area contributed by atoms with E-state index in [0.717, 1.165) is 71.7 Å². The largest absolute Gasteiger partial charge is 0.456 e. The standard InChI is InChI=1S/C39H22N2O2S/c1-3-10-33-26(6-1)30-20-24(14-17-34(30)42-33)41(25-13-15-28-27-7-2-4-11-36(27)44-37(28)21-25)32-9-5-8-29-38-31-22-40-19-18-23(31)12-16-35(38)43-39(29)32/h1-22H. The molecule has 0 radical (unpaired) electrons. The van der Waals surface area contributed by atoms with E-state index in [2.05, 4.69) is 119 Å². The van der Waals surface area contributed by atoms with E-state index in [-0.39, 0.29) is 0 Å². The van der Waals surface area contributed by atoms with Crippen molar-refractivity contribution < 1.29 is 8.83 Å². The van der Waals surface area contributed by atoms with Crippen LogP contribution in [-0.4, -0.2) is 4.98 Å². The fourth-order valence-electron chi connectivity index (χ4n) is 6.75. The van der Waals surface area contributed by atoms with Crippen LogP contribution in [-0.2, 0) is 0 Å². The van der Waals surface area contributed by atoms with Crippen molar-refractivity contribution in [3.8, 4) is 0 Å². The SMILES string of the molecule is c1ccc2c(c1)oc1ccc(N(c3ccc4c(c3)sc3ccccc34)c3cccc4c3oc3ccc5ccncc5c34)cc12. The average molecular weight is 583 g/mol. The van der Waals surface area contributed by atoms with Gasteiger partial charge in [-0.25, -0.2) is 0 Å². The molecule has 0 fully saturated rings. The zero-order valence-electron chi connectivity index (χ0n) is 23.3. The Bertz CT molecular complexity index is 2750. The Hall–Kier alpha value is -5.65. The van der Waals surface area contributed by atoms with E-state index < -0.39 is 0 Å². The monoisotopic (exact) mass is 582 g/mol. The molecule has 0 spiro atoms. The Morgan fingerprint density at radius 3 is 2.27 bits per heavy atom. The molecule has 4 aromatic heterocycles. The van der Waals surface area contributed by atoms with Crippen molar-refractivity contribution in [3.05, 3.63) is 134 Å². The summed E-state index contributed by atoms with van der Waals surface area (Å²) in [5.74, 6) is 0. The second-order valence-electron chi connectivity index (χ2n) is 11.2. The zero-order chi connectivity index (χ0) is 28.8. The number of aromatic nitrogens is 1. The minimum absolute atomic E-state index is 0.840. The summed E-state index contributed by atoms with van der Waals surface area (Å²) in [6, 6.07) is 42.7. The molecule has 6 aromatic carbocycles. The van der Waals surface area contributed by atoms with Crippen LogP contribution in [0.3, 0.4) is 0 Å². The summed E-state index contributed by atoms with van der Waals surface area (Å²) < 4.78 is 15.4. The molecular formula is C39H22N2O2S. The van der Waals surface area contributed by atoms with E-state index in [1.54, 1.807) is 0 Å². The van der Waals surface area contributed by atoms with E-state index in [1.165, 1.54) is 20.2 Å². The Labute approximate surface area is 255 Å². The molecule has 10 aromatic rings. The fraction of sp³-hybridized carbons (Fsp3) is 0. The summed E-state index contributed by atoms with van der Waals surface area (Å²) in [5.41, 5.74) is 6.52. The molecule has 0 amide bonds.